The predicted octanol–water partition coefficient (Wildman–Crippen LogP) is 2.14. The second-order valence-corrected chi connectivity index (χ2v) is 8.18. The van der Waals surface area contributed by atoms with Crippen LogP contribution in [0.4, 0.5) is 0 Å². The van der Waals surface area contributed by atoms with Crippen molar-refractivity contribution in [3.8, 4) is 0 Å². The lowest BCUT2D eigenvalue weighted by Crippen LogP contribution is -2.49. The molecule has 0 aromatic heterocycles. The van der Waals surface area contributed by atoms with Crippen LogP contribution in [0.15, 0.2) is 4.99 Å². The Morgan fingerprint density at radius 1 is 1.04 bits per heavy atom. The molecule has 1 aliphatic carbocycles. The molecule has 158 valence electrons. The molecule has 2 heterocycles. The zero-order valence-electron chi connectivity index (χ0n) is 17.3. The van der Waals surface area contributed by atoms with Crippen molar-refractivity contribution in [2.75, 3.05) is 59.5 Å². The first-order valence-electron chi connectivity index (χ1n) is 10.8. The van der Waals surface area contributed by atoms with Crippen LogP contribution in [-0.2, 0) is 4.74 Å². The first kappa shape index (κ1) is 23.2. The van der Waals surface area contributed by atoms with Crippen LogP contribution in [0.25, 0.3) is 0 Å². The molecule has 1 saturated carbocycles. The zero-order valence-corrected chi connectivity index (χ0v) is 19.6. The van der Waals surface area contributed by atoms with Crippen molar-refractivity contribution in [3.05, 3.63) is 0 Å². The van der Waals surface area contributed by atoms with E-state index in [0.717, 1.165) is 44.2 Å². The summed E-state index contributed by atoms with van der Waals surface area (Å²) in [6.45, 7) is 10.8. The maximum Gasteiger partial charge on any atom is 0.191 e. The number of halogens is 1. The van der Waals surface area contributed by atoms with Gasteiger partial charge in [0, 0.05) is 51.9 Å². The highest BCUT2D eigenvalue weighted by Gasteiger charge is 2.31. The number of aliphatic imine (C=N–C) groups is 1. The van der Waals surface area contributed by atoms with Crippen molar-refractivity contribution in [2.45, 2.75) is 57.5 Å². The highest BCUT2D eigenvalue weighted by Crippen LogP contribution is 2.29. The average molecular weight is 493 g/mol. The van der Waals surface area contributed by atoms with E-state index in [-0.39, 0.29) is 24.0 Å². The highest BCUT2D eigenvalue weighted by molar-refractivity contribution is 14.0. The number of methoxy groups -OCH3 is 1. The SMILES string of the molecule is CCNC(=NCC1CCN(CCOC)CC1)NC1CCN(C2CC2)CC1.I. The van der Waals surface area contributed by atoms with Crippen LogP contribution in [0, 0.1) is 5.92 Å². The van der Waals surface area contributed by atoms with E-state index < -0.39 is 0 Å². The molecule has 0 spiro atoms. The summed E-state index contributed by atoms with van der Waals surface area (Å²) in [5.41, 5.74) is 0. The normalized spacial score (nSPS) is 23.9. The fourth-order valence-corrected chi connectivity index (χ4v) is 4.20. The minimum atomic E-state index is 0. The first-order chi connectivity index (χ1) is 12.8. The topological polar surface area (TPSA) is 52.1 Å². The van der Waals surface area contributed by atoms with E-state index in [2.05, 4.69) is 27.4 Å². The summed E-state index contributed by atoms with van der Waals surface area (Å²) in [4.78, 5) is 10.1. The van der Waals surface area contributed by atoms with E-state index in [1.807, 2.05) is 0 Å². The van der Waals surface area contributed by atoms with Crippen molar-refractivity contribution in [1.82, 2.24) is 20.4 Å². The van der Waals surface area contributed by atoms with Crippen LogP contribution in [-0.4, -0.2) is 87.4 Å². The van der Waals surface area contributed by atoms with Gasteiger partial charge in [-0.1, -0.05) is 0 Å². The van der Waals surface area contributed by atoms with Crippen molar-refractivity contribution in [2.24, 2.45) is 10.9 Å². The minimum Gasteiger partial charge on any atom is -0.383 e. The van der Waals surface area contributed by atoms with E-state index in [1.165, 1.54) is 64.7 Å². The molecule has 3 aliphatic rings. The molecular formula is C20H40IN5O. The number of ether oxygens (including phenoxy) is 1. The molecule has 2 saturated heterocycles. The number of piperidine rings is 2. The smallest absolute Gasteiger partial charge is 0.191 e. The molecule has 0 atom stereocenters. The third-order valence-electron chi connectivity index (χ3n) is 6.10. The molecule has 3 rings (SSSR count). The molecule has 0 amide bonds. The van der Waals surface area contributed by atoms with Gasteiger partial charge in [0.2, 0.25) is 0 Å². The van der Waals surface area contributed by atoms with Gasteiger partial charge in [-0.2, -0.15) is 0 Å². The molecule has 6 nitrogen and oxygen atoms in total. The molecule has 0 unspecified atom stereocenters. The van der Waals surface area contributed by atoms with Gasteiger partial charge in [-0.15, -0.1) is 24.0 Å². The Labute approximate surface area is 182 Å². The number of hydrogen-bond donors (Lipinski definition) is 2. The van der Waals surface area contributed by atoms with Crippen LogP contribution in [0.2, 0.25) is 0 Å². The maximum absolute atomic E-state index is 5.19. The maximum atomic E-state index is 5.19. The van der Waals surface area contributed by atoms with Gasteiger partial charge in [-0.05, 0) is 64.5 Å². The van der Waals surface area contributed by atoms with Gasteiger partial charge >= 0.3 is 0 Å². The van der Waals surface area contributed by atoms with Gasteiger partial charge in [0.05, 0.1) is 6.61 Å². The molecule has 2 aliphatic heterocycles. The highest BCUT2D eigenvalue weighted by atomic mass is 127. The van der Waals surface area contributed by atoms with Crippen molar-refractivity contribution in [1.29, 1.82) is 0 Å². The third-order valence-corrected chi connectivity index (χ3v) is 6.10. The number of nitrogens with zero attached hydrogens (tertiary/aromatic N) is 3. The number of hydrogen-bond acceptors (Lipinski definition) is 4. The van der Waals surface area contributed by atoms with Gasteiger partial charge < -0.3 is 25.2 Å². The van der Waals surface area contributed by atoms with Crippen LogP contribution in [0.5, 0.6) is 0 Å². The van der Waals surface area contributed by atoms with Gasteiger partial charge in [0.15, 0.2) is 5.96 Å². The molecule has 0 bridgehead atoms. The lowest BCUT2D eigenvalue weighted by Gasteiger charge is -2.33. The monoisotopic (exact) mass is 493 g/mol. The van der Waals surface area contributed by atoms with Crippen molar-refractivity contribution < 1.29 is 4.74 Å². The zero-order chi connectivity index (χ0) is 18.2. The van der Waals surface area contributed by atoms with Crippen LogP contribution >= 0.6 is 24.0 Å². The Hall–Kier alpha value is -0.120. The summed E-state index contributed by atoms with van der Waals surface area (Å²) in [6, 6.07) is 1.49. The van der Waals surface area contributed by atoms with Crippen molar-refractivity contribution in [3.63, 3.8) is 0 Å². The Morgan fingerprint density at radius 2 is 1.74 bits per heavy atom. The Bertz CT molecular complexity index is 430. The predicted molar refractivity (Wildman–Crippen MR) is 123 cm³/mol. The summed E-state index contributed by atoms with van der Waals surface area (Å²) in [5, 5.41) is 7.15. The summed E-state index contributed by atoms with van der Waals surface area (Å²) in [5.74, 6) is 1.75. The minimum absolute atomic E-state index is 0. The third kappa shape index (κ3) is 8.03. The second-order valence-electron chi connectivity index (χ2n) is 8.18. The van der Waals surface area contributed by atoms with E-state index in [9.17, 15) is 0 Å². The fraction of sp³-hybridized carbons (Fsp3) is 0.950. The summed E-state index contributed by atoms with van der Waals surface area (Å²) in [6.07, 6.45) is 7.86. The molecule has 0 radical (unpaired) electrons. The number of likely N-dealkylation sites (tertiary alicyclic amines) is 2. The lowest BCUT2D eigenvalue weighted by atomic mass is 9.97. The van der Waals surface area contributed by atoms with E-state index in [4.69, 9.17) is 9.73 Å². The fourth-order valence-electron chi connectivity index (χ4n) is 4.20. The molecule has 0 aromatic rings. The number of nitrogens with one attached hydrogen (secondary N) is 2. The Kier molecular flexibility index (Phi) is 10.7. The van der Waals surface area contributed by atoms with Crippen molar-refractivity contribution >= 4 is 29.9 Å². The Balaban J connectivity index is 0.00000261. The average Bonchev–Trinajstić information content (AvgIpc) is 3.51. The van der Waals surface area contributed by atoms with E-state index >= 15 is 0 Å². The number of guanidine groups is 1. The largest absolute Gasteiger partial charge is 0.383 e. The quantitative estimate of drug-likeness (QED) is 0.309. The van der Waals surface area contributed by atoms with E-state index in [1.54, 1.807) is 7.11 Å². The lowest BCUT2D eigenvalue weighted by molar-refractivity contribution is 0.121. The van der Waals surface area contributed by atoms with Gasteiger partial charge in [0.25, 0.3) is 0 Å². The molecular weight excluding hydrogens is 453 g/mol. The summed E-state index contributed by atoms with van der Waals surface area (Å²) >= 11 is 0. The summed E-state index contributed by atoms with van der Waals surface area (Å²) < 4.78 is 5.19. The van der Waals surface area contributed by atoms with Gasteiger partial charge in [-0.25, -0.2) is 0 Å². The number of rotatable bonds is 8. The van der Waals surface area contributed by atoms with Crippen LogP contribution in [0.3, 0.4) is 0 Å². The van der Waals surface area contributed by atoms with Gasteiger partial charge in [-0.3, -0.25) is 4.99 Å². The second kappa shape index (κ2) is 12.4. The molecule has 27 heavy (non-hydrogen) atoms. The molecule has 0 aromatic carbocycles. The van der Waals surface area contributed by atoms with Crippen LogP contribution in [0.1, 0.15) is 45.4 Å². The van der Waals surface area contributed by atoms with Crippen LogP contribution < -0.4 is 10.6 Å². The summed E-state index contributed by atoms with van der Waals surface area (Å²) in [7, 11) is 1.78. The Morgan fingerprint density at radius 3 is 2.33 bits per heavy atom. The molecule has 7 heteroatoms. The standard InChI is InChI=1S/C20H39N5O.HI/c1-3-21-20(23-18-8-12-25(13-9-18)19-4-5-19)22-16-17-6-10-24(11-7-17)14-15-26-2;/h17-19H,3-16H2,1-2H3,(H2,21,22,23);1H. The first-order valence-corrected chi connectivity index (χ1v) is 10.8. The molecule has 3 fully saturated rings. The van der Waals surface area contributed by atoms with Gasteiger partial charge in [0.1, 0.15) is 0 Å². The molecule has 2 N–H and O–H groups in total. The van der Waals surface area contributed by atoms with E-state index in [0.29, 0.717) is 6.04 Å².